The van der Waals surface area contributed by atoms with E-state index in [0.29, 0.717) is 16.7 Å². The monoisotopic (exact) mass is 310 g/mol. The Morgan fingerprint density at radius 2 is 2.14 bits per heavy atom. The summed E-state index contributed by atoms with van der Waals surface area (Å²) in [5.74, 6) is 0.441. The average Bonchev–Trinajstić information content (AvgIpc) is 2.92. The lowest BCUT2D eigenvalue weighted by atomic mass is 9.96. The molecule has 1 aromatic heterocycles. The van der Waals surface area contributed by atoms with Gasteiger partial charge in [0, 0.05) is 25.4 Å². The summed E-state index contributed by atoms with van der Waals surface area (Å²) in [6.07, 6.45) is 2.06. The van der Waals surface area contributed by atoms with E-state index in [-0.39, 0.29) is 11.8 Å². The molecule has 2 rings (SSSR count). The van der Waals surface area contributed by atoms with Crippen LogP contribution in [0.15, 0.2) is 5.38 Å². The maximum atomic E-state index is 12.4. The fourth-order valence-electron chi connectivity index (χ4n) is 2.43. The van der Waals surface area contributed by atoms with Gasteiger partial charge in [-0.3, -0.25) is 9.59 Å². The number of nitrogens with zero attached hydrogens (tertiary/aromatic N) is 2. The van der Waals surface area contributed by atoms with Crippen LogP contribution in [-0.4, -0.2) is 47.9 Å². The maximum absolute atomic E-state index is 12.4. The smallest absolute Gasteiger partial charge is 0.273 e. The third kappa shape index (κ3) is 4.50. The van der Waals surface area contributed by atoms with E-state index in [9.17, 15) is 9.59 Å². The molecule has 0 saturated carbocycles. The molecule has 7 heteroatoms. The SMILES string of the molecule is CCNCC1CCN(C(=O)c2csc(NC(C)=O)n2)CC1. The summed E-state index contributed by atoms with van der Waals surface area (Å²) in [5, 5.41) is 8.15. The molecule has 21 heavy (non-hydrogen) atoms. The molecule has 2 amide bonds. The van der Waals surface area contributed by atoms with Crippen molar-refractivity contribution in [2.24, 2.45) is 5.92 Å². The van der Waals surface area contributed by atoms with E-state index in [2.05, 4.69) is 22.5 Å². The van der Waals surface area contributed by atoms with Gasteiger partial charge in [-0.05, 0) is 31.8 Å². The number of nitrogens with one attached hydrogen (secondary N) is 2. The van der Waals surface area contributed by atoms with Crippen LogP contribution in [0.5, 0.6) is 0 Å². The molecule has 0 spiro atoms. The first kappa shape index (κ1) is 15.9. The van der Waals surface area contributed by atoms with E-state index >= 15 is 0 Å². The Kier molecular flexibility index (Phi) is 5.69. The summed E-state index contributed by atoms with van der Waals surface area (Å²) in [6.45, 7) is 7.11. The minimum absolute atomic E-state index is 0.0373. The Labute approximate surface area is 128 Å². The first-order chi connectivity index (χ1) is 10.1. The molecule has 2 N–H and O–H groups in total. The van der Waals surface area contributed by atoms with Crippen LogP contribution < -0.4 is 10.6 Å². The summed E-state index contributed by atoms with van der Waals surface area (Å²) < 4.78 is 0. The number of thiazole rings is 1. The highest BCUT2D eigenvalue weighted by Crippen LogP contribution is 2.21. The zero-order valence-corrected chi connectivity index (χ0v) is 13.3. The molecule has 2 heterocycles. The number of amides is 2. The van der Waals surface area contributed by atoms with Gasteiger partial charge in [0.15, 0.2) is 5.13 Å². The minimum Gasteiger partial charge on any atom is -0.337 e. The van der Waals surface area contributed by atoms with Crippen molar-refractivity contribution in [2.75, 3.05) is 31.5 Å². The highest BCUT2D eigenvalue weighted by molar-refractivity contribution is 7.14. The minimum atomic E-state index is -0.174. The molecule has 116 valence electrons. The van der Waals surface area contributed by atoms with Crippen molar-refractivity contribution < 1.29 is 9.59 Å². The van der Waals surface area contributed by atoms with E-state index in [1.807, 2.05) is 4.90 Å². The number of carbonyl (C=O) groups excluding carboxylic acids is 2. The van der Waals surface area contributed by atoms with Crippen LogP contribution in [0.25, 0.3) is 0 Å². The van der Waals surface area contributed by atoms with Crippen molar-refractivity contribution in [3.05, 3.63) is 11.1 Å². The molecule has 1 saturated heterocycles. The predicted octanol–water partition coefficient (Wildman–Crippen LogP) is 1.56. The van der Waals surface area contributed by atoms with E-state index < -0.39 is 0 Å². The number of aromatic nitrogens is 1. The molecule has 0 aromatic carbocycles. The molecule has 1 aliphatic rings. The summed E-state index contributed by atoms with van der Waals surface area (Å²) in [4.78, 5) is 29.4. The molecular formula is C14H22N4O2S. The van der Waals surface area contributed by atoms with E-state index in [4.69, 9.17) is 0 Å². The Morgan fingerprint density at radius 1 is 1.43 bits per heavy atom. The van der Waals surface area contributed by atoms with Crippen molar-refractivity contribution in [3.63, 3.8) is 0 Å². The number of piperidine rings is 1. The topological polar surface area (TPSA) is 74.3 Å². The van der Waals surface area contributed by atoms with Crippen LogP contribution in [0.3, 0.4) is 0 Å². The second-order valence-electron chi connectivity index (χ2n) is 5.26. The molecule has 0 aliphatic carbocycles. The summed E-state index contributed by atoms with van der Waals surface area (Å²) >= 11 is 1.28. The predicted molar refractivity (Wildman–Crippen MR) is 83.6 cm³/mol. The second kappa shape index (κ2) is 7.51. The zero-order chi connectivity index (χ0) is 15.2. The molecule has 0 unspecified atom stereocenters. The third-order valence-electron chi connectivity index (χ3n) is 3.59. The molecule has 1 aliphatic heterocycles. The van der Waals surface area contributed by atoms with Gasteiger partial charge in [-0.1, -0.05) is 6.92 Å². The van der Waals surface area contributed by atoms with Gasteiger partial charge in [0.25, 0.3) is 5.91 Å². The number of hydrogen-bond donors (Lipinski definition) is 2. The summed E-state index contributed by atoms with van der Waals surface area (Å²) in [6, 6.07) is 0. The maximum Gasteiger partial charge on any atom is 0.273 e. The van der Waals surface area contributed by atoms with Gasteiger partial charge in [0.2, 0.25) is 5.91 Å². The van der Waals surface area contributed by atoms with Crippen LogP contribution in [0.1, 0.15) is 37.2 Å². The first-order valence-electron chi connectivity index (χ1n) is 7.33. The van der Waals surface area contributed by atoms with Crippen molar-refractivity contribution >= 4 is 28.3 Å². The van der Waals surface area contributed by atoms with E-state index in [0.717, 1.165) is 39.0 Å². The number of hydrogen-bond acceptors (Lipinski definition) is 5. The van der Waals surface area contributed by atoms with Crippen molar-refractivity contribution in [1.29, 1.82) is 0 Å². The second-order valence-corrected chi connectivity index (χ2v) is 6.12. The molecular weight excluding hydrogens is 288 g/mol. The Balaban J connectivity index is 1.86. The van der Waals surface area contributed by atoms with Crippen LogP contribution in [0.4, 0.5) is 5.13 Å². The van der Waals surface area contributed by atoms with Crippen molar-refractivity contribution in [3.8, 4) is 0 Å². The van der Waals surface area contributed by atoms with Gasteiger partial charge >= 0.3 is 0 Å². The lowest BCUT2D eigenvalue weighted by Gasteiger charge is -2.31. The summed E-state index contributed by atoms with van der Waals surface area (Å²) in [7, 11) is 0. The van der Waals surface area contributed by atoms with Gasteiger partial charge in [-0.15, -0.1) is 11.3 Å². The van der Waals surface area contributed by atoms with E-state index in [1.54, 1.807) is 5.38 Å². The van der Waals surface area contributed by atoms with Crippen LogP contribution in [0.2, 0.25) is 0 Å². The largest absolute Gasteiger partial charge is 0.337 e. The Morgan fingerprint density at radius 3 is 2.76 bits per heavy atom. The van der Waals surface area contributed by atoms with Crippen LogP contribution in [0, 0.1) is 5.92 Å². The number of rotatable bonds is 5. The van der Waals surface area contributed by atoms with Gasteiger partial charge in [0.1, 0.15) is 5.69 Å². The zero-order valence-electron chi connectivity index (χ0n) is 12.5. The quantitative estimate of drug-likeness (QED) is 0.865. The van der Waals surface area contributed by atoms with E-state index in [1.165, 1.54) is 18.3 Å². The lowest BCUT2D eigenvalue weighted by Crippen LogP contribution is -2.40. The van der Waals surface area contributed by atoms with Gasteiger partial charge in [-0.25, -0.2) is 4.98 Å². The normalized spacial score (nSPS) is 16.0. The Hall–Kier alpha value is -1.47. The standard InChI is InChI=1S/C14H22N4O2S/c1-3-15-8-11-4-6-18(7-5-11)13(20)12-9-21-14(17-12)16-10(2)19/h9,11,15H,3-8H2,1-2H3,(H,16,17,19). The molecule has 0 atom stereocenters. The highest BCUT2D eigenvalue weighted by Gasteiger charge is 2.24. The highest BCUT2D eigenvalue weighted by atomic mass is 32.1. The van der Waals surface area contributed by atoms with Crippen LogP contribution >= 0.6 is 11.3 Å². The number of likely N-dealkylation sites (tertiary alicyclic amines) is 1. The fraction of sp³-hybridized carbons (Fsp3) is 0.643. The van der Waals surface area contributed by atoms with Crippen molar-refractivity contribution in [2.45, 2.75) is 26.7 Å². The fourth-order valence-corrected chi connectivity index (χ4v) is 3.16. The number of carbonyl (C=O) groups is 2. The molecule has 1 fully saturated rings. The molecule has 1 aromatic rings. The molecule has 0 bridgehead atoms. The Bertz CT molecular complexity index is 495. The lowest BCUT2D eigenvalue weighted by molar-refractivity contribution is -0.114. The molecule has 0 radical (unpaired) electrons. The van der Waals surface area contributed by atoms with Gasteiger partial charge in [-0.2, -0.15) is 0 Å². The number of anilines is 1. The average molecular weight is 310 g/mol. The third-order valence-corrected chi connectivity index (χ3v) is 4.35. The molecule has 6 nitrogen and oxygen atoms in total. The van der Waals surface area contributed by atoms with Crippen LogP contribution in [-0.2, 0) is 4.79 Å². The van der Waals surface area contributed by atoms with Gasteiger partial charge < -0.3 is 15.5 Å². The van der Waals surface area contributed by atoms with Gasteiger partial charge in [0.05, 0.1) is 0 Å². The first-order valence-corrected chi connectivity index (χ1v) is 8.21. The summed E-state index contributed by atoms with van der Waals surface area (Å²) in [5.41, 5.74) is 0.425. The van der Waals surface area contributed by atoms with Crippen molar-refractivity contribution in [1.82, 2.24) is 15.2 Å².